The van der Waals surface area contributed by atoms with E-state index in [1.165, 1.54) is 12.3 Å². The molecule has 0 aliphatic heterocycles. The molecule has 3 rings (SSSR count). The fourth-order valence-corrected chi connectivity index (χ4v) is 3.18. The van der Waals surface area contributed by atoms with Crippen molar-refractivity contribution in [1.29, 1.82) is 5.26 Å². The molecule has 0 atom stereocenters. The first-order chi connectivity index (χ1) is 14.5. The number of nitrogens with one attached hydrogen (secondary N) is 1. The van der Waals surface area contributed by atoms with Crippen LogP contribution in [0.1, 0.15) is 16.9 Å². The van der Waals surface area contributed by atoms with E-state index >= 15 is 0 Å². The van der Waals surface area contributed by atoms with Gasteiger partial charge in [-0.05, 0) is 48.5 Å². The van der Waals surface area contributed by atoms with Gasteiger partial charge in [0, 0.05) is 26.2 Å². The summed E-state index contributed by atoms with van der Waals surface area (Å²) >= 11 is 18.2. The molecule has 0 aliphatic carbocycles. The molecule has 0 unspecified atom stereocenters. The van der Waals surface area contributed by atoms with Gasteiger partial charge in [0.2, 0.25) is 0 Å². The number of carbonyl (C=O) groups excluding carboxylic acids is 1. The largest absolute Gasteiger partial charge is 0.488 e. The van der Waals surface area contributed by atoms with Crippen LogP contribution in [0.2, 0.25) is 15.1 Å². The van der Waals surface area contributed by atoms with Crippen molar-refractivity contribution in [3.05, 3.63) is 92.3 Å². The zero-order valence-corrected chi connectivity index (χ0v) is 17.8. The molecular weight excluding hydrogens is 447 g/mol. The van der Waals surface area contributed by atoms with Crippen LogP contribution < -0.4 is 10.1 Å². The molecule has 0 radical (unpaired) electrons. The van der Waals surface area contributed by atoms with Gasteiger partial charge < -0.3 is 14.5 Å². The van der Waals surface area contributed by atoms with Crippen molar-refractivity contribution in [2.75, 3.05) is 0 Å². The molecule has 8 heteroatoms. The van der Waals surface area contributed by atoms with Crippen LogP contribution in [0.4, 0.5) is 0 Å². The lowest BCUT2D eigenvalue weighted by Gasteiger charge is -2.11. The first-order valence-electron chi connectivity index (χ1n) is 8.75. The average molecular weight is 462 g/mol. The van der Waals surface area contributed by atoms with Gasteiger partial charge in [-0.2, -0.15) is 5.26 Å². The van der Waals surface area contributed by atoms with Crippen LogP contribution in [0, 0.1) is 11.3 Å². The minimum atomic E-state index is -0.541. The van der Waals surface area contributed by atoms with Crippen LogP contribution in [0.3, 0.4) is 0 Å². The van der Waals surface area contributed by atoms with Crippen molar-refractivity contribution in [2.24, 2.45) is 0 Å². The van der Waals surface area contributed by atoms with Crippen LogP contribution in [-0.4, -0.2) is 5.91 Å². The number of hydrogen-bond acceptors (Lipinski definition) is 4. The maximum absolute atomic E-state index is 12.4. The van der Waals surface area contributed by atoms with Gasteiger partial charge in [-0.25, -0.2) is 0 Å². The molecule has 2 aromatic carbocycles. The summed E-state index contributed by atoms with van der Waals surface area (Å²) in [7, 11) is 0. The third-order valence-electron chi connectivity index (χ3n) is 4.04. The summed E-state index contributed by atoms with van der Waals surface area (Å²) in [6.45, 7) is 0.337. The lowest BCUT2D eigenvalue weighted by molar-refractivity contribution is -0.117. The average Bonchev–Trinajstić information content (AvgIpc) is 3.24. The highest BCUT2D eigenvalue weighted by molar-refractivity contribution is 6.35. The lowest BCUT2D eigenvalue weighted by Crippen LogP contribution is -2.23. The van der Waals surface area contributed by atoms with Crippen molar-refractivity contribution in [2.45, 2.75) is 13.2 Å². The Kier molecular flexibility index (Phi) is 7.42. The number of rotatable bonds is 7. The van der Waals surface area contributed by atoms with E-state index in [1.807, 2.05) is 6.07 Å². The molecule has 5 nitrogen and oxygen atoms in total. The molecule has 0 saturated carbocycles. The molecule has 0 aliphatic rings. The topological polar surface area (TPSA) is 75.3 Å². The number of furan rings is 1. The van der Waals surface area contributed by atoms with Gasteiger partial charge in [-0.1, -0.05) is 40.9 Å². The Bertz CT molecular complexity index is 1120. The Morgan fingerprint density at radius 3 is 2.60 bits per heavy atom. The van der Waals surface area contributed by atoms with Gasteiger partial charge in [0.1, 0.15) is 29.8 Å². The smallest absolute Gasteiger partial charge is 0.262 e. The van der Waals surface area contributed by atoms with Gasteiger partial charge in [-0.3, -0.25) is 4.79 Å². The standard InChI is InChI=1S/C22H15Cl3N2O3/c23-17-5-6-21(30-13-14-3-4-18(24)10-20(14)25)15(9-17)8-16(11-26)22(28)27-12-19-2-1-7-29-19/h1-10H,12-13H2,(H,27,28)/b16-8+. The quantitative estimate of drug-likeness (QED) is 0.344. The van der Waals surface area contributed by atoms with Crippen LogP contribution in [0.25, 0.3) is 6.08 Å². The first-order valence-corrected chi connectivity index (χ1v) is 9.88. The van der Waals surface area contributed by atoms with E-state index in [4.69, 9.17) is 44.0 Å². The minimum absolute atomic E-state index is 0.0989. The van der Waals surface area contributed by atoms with Gasteiger partial charge in [0.25, 0.3) is 5.91 Å². The van der Waals surface area contributed by atoms with Crippen LogP contribution in [0.5, 0.6) is 5.75 Å². The second kappa shape index (κ2) is 10.2. The SMILES string of the molecule is N#C/C(=C\c1cc(Cl)ccc1OCc1ccc(Cl)cc1Cl)C(=O)NCc1ccco1. The monoisotopic (exact) mass is 460 g/mol. The number of nitriles is 1. The summed E-state index contributed by atoms with van der Waals surface area (Å²) in [4.78, 5) is 12.4. The van der Waals surface area contributed by atoms with E-state index in [2.05, 4.69) is 5.32 Å². The van der Waals surface area contributed by atoms with Gasteiger partial charge in [-0.15, -0.1) is 0 Å². The molecule has 1 heterocycles. The van der Waals surface area contributed by atoms with Crippen molar-refractivity contribution < 1.29 is 13.9 Å². The molecule has 30 heavy (non-hydrogen) atoms. The number of carbonyl (C=O) groups is 1. The first kappa shape index (κ1) is 21.8. The molecule has 0 saturated heterocycles. The number of halogens is 3. The maximum atomic E-state index is 12.4. The zero-order valence-electron chi connectivity index (χ0n) is 15.5. The van der Waals surface area contributed by atoms with E-state index in [9.17, 15) is 10.1 Å². The van der Waals surface area contributed by atoms with Crippen LogP contribution >= 0.6 is 34.8 Å². The van der Waals surface area contributed by atoms with Gasteiger partial charge >= 0.3 is 0 Å². The summed E-state index contributed by atoms with van der Waals surface area (Å²) in [5.74, 6) is 0.477. The van der Waals surface area contributed by atoms with Crippen molar-refractivity contribution in [1.82, 2.24) is 5.32 Å². The molecule has 0 bridgehead atoms. The van der Waals surface area contributed by atoms with Crippen molar-refractivity contribution >= 4 is 46.8 Å². The second-order valence-electron chi connectivity index (χ2n) is 6.14. The van der Waals surface area contributed by atoms with Crippen LogP contribution in [0.15, 0.2) is 64.8 Å². The number of amides is 1. The zero-order chi connectivity index (χ0) is 21.5. The number of benzene rings is 2. The third-order valence-corrected chi connectivity index (χ3v) is 4.86. The second-order valence-corrected chi connectivity index (χ2v) is 7.42. The Hall–Kier alpha value is -2.91. The highest BCUT2D eigenvalue weighted by Gasteiger charge is 2.12. The van der Waals surface area contributed by atoms with E-state index < -0.39 is 5.91 Å². The molecule has 0 fully saturated rings. The Morgan fingerprint density at radius 2 is 1.90 bits per heavy atom. The predicted molar refractivity (Wildman–Crippen MR) is 116 cm³/mol. The highest BCUT2D eigenvalue weighted by atomic mass is 35.5. The van der Waals surface area contributed by atoms with Gasteiger partial charge in [0.05, 0.1) is 12.8 Å². The molecule has 1 aromatic heterocycles. The summed E-state index contributed by atoms with van der Waals surface area (Å²) in [6.07, 6.45) is 2.92. The third kappa shape index (κ3) is 5.80. The number of nitrogens with zero attached hydrogens (tertiary/aromatic N) is 1. The summed E-state index contributed by atoms with van der Waals surface area (Å²) < 4.78 is 11.0. The number of hydrogen-bond donors (Lipinski definition) is 1. The van der Waals surface area contributed by atoms with E-state index in [0.29, 0.717) is 32.1 Å². The maximum Gasteiger partial charge on any atom is 0.262 e. The summed E-state index contributed by atoms with van der Waals surface area (Å²) in [6, 6.07) is 15.4. The fraction of sp³-hybridized carbons (Fsp3) is 0.0909. The van der Waals surface area contributed by atoms with Crippen molar-refractivity contribution in [3.8, 4) is 11.8 Å². The normalized spacial score (nSPS) is 11.1. The molecular formula is C22H15Cl3N2O3. The highest BCUT2D eigenvalue weighted by Crippen LogP contribution is 2.28. The Labute approximate surface area is 188 Å². The van der Waals surface area contributed by atoms with Crippen molar-refractivity contribution in [3.63, 3.8) is 0 Å². The summed E-state index contributed by atoms with van der Waals surface area (Å²) in [5, 5.41) is 13.5. The number of ether oxygens (including phenoxy) is 1. The Balaban J connectivity index is 1.78. The molecule has 152 valence electrons. The Morgan fingerprint density at radius 1 is 1.13 bits per heavy atom. The van der Waals surface area contributed by atoms with E-state index in [1.54, 1.807) is 48.5 Å². The van der Waals surface area contributed by atoms with E-state index in [0.717, 1.165) is 5.56 Å². The lowest BCUT2D eigenvalue weighted by atomic mass is 10.1. The molecule has 1 amide bonds. The van der Waals surface area contributed by atoms with Gasteiger partial charge in [0.15, 0.2) is 0 Å². The molecule has 0 spiro atoms. The van der Waals surface area contributed by atoms with Crippen LogP contribution in [-0.2, 0) is 17.9 Å². The summed E-state index contributed by atoms with van der Waals surface area (Å²) in [5.41, 5.74) is 1.12. The molecule has 3 aromatic rings. The molecule has 1 N–H and O–H groups in total. The van der Waals surface area contributed by atoms with E-state index in [-0.39, 0.29) is 18.7 Å². The minimum Gasteiger partial charge on any atom is -0.488 e. The fourth-order valence-electron chi connectivity index (χ4n) is 2.54. The predicted octanol–water partition coefficient (Wildman–Crippen LogP) is 6.04.